The molecule has 0 saturated carbocycles. The van der Waals surface area contributed by atoms with Gasteiger partial charge in [0.25, 0.3) is 5.91 Å². The highest BCUT2D eigenvalue weighted by Crippen LogP contribution is 2.31. The second kappa shape index (κ2) is 8.46. The van der Waals surface area contributed by atoms with Crippen LogP contribution in [0.1, 0.15) is 29.8 Å². The van der Waals surface area contributed by atoms with Crippen molar-refractivity contribution >= 4 is 31.6 Å². The summed E-state index contributed by atoms with van der Waals surface area (Å²) in [5.74, 6) is -0.324. The van der Waals surface area contributed by atoms with Gasteiger partial charge in [0.05, 0.1) is 9.79 Å². The number of hydrogen-bond donors (Lipinski definition) is 1. The van der Waals surface area contributed by atoms with E-state index >= 15 is 0 Å². The normalized spacial score (nSPS) is 14.2. The van der Waals surface area contributed by atoms with Crippen LogP contribution in [0.3, 0.4) is 0 Å². The summed E-state index contributed by atoms with van der Waals surface area (Å²) in [4.78, 5) is 14.9. The molecule has 1 aliphatic heterocycles. The Labute approximate surface area is 177 Å². The van der Waals surface area contributed by atoms with E-state index in [1.807, 2.05) is 0 Å². The fraction of sp³-hybridized carbons (Fsp3) is 0.350. The van der Waals surface area contributed by atoms with Crippen molar-refractivity contribution in [2.75, 3.05) is 31.6 Å². The van der Waals surface area contributed by atoms with Crippen LogP contribution in [0.2, 0.25) is 0 Å². The lowest BCUT2D eigenvalue weighted by molar-refractivity contribution is 0.0989. The highest BCUT2D eigenvalue weighted by atomic mass is 32.2. The molecule has 0 radical (unpaired) electrons. The molecule has 10 heteroatoms. The molecule has 0 unspecified atom stereocenters. The first kappa shape index (κ1) is 22.4. The van der Waals surface area contributed by atoms with E-state index in [-0.39, 0.29) is 21.3 Å². The molecule has 0 aromatic heterocycles. The van der Waals surface area contributed by atoms with Crippen molar-refractivity contribution in [3.8, 4) is 0 Å². The molecule has 2 aromatic rings. The van der Waals surface area contributed by atoms with E-state index in [1.54, 1.807) is 43.0 Å². The standard InChI is InChI=1S/C20H25N3O5S2/c1-4-22(5-2)30(27,28)18-8-6-7-16(14-18)20(24)23-12-11-15-13-17(9-10-19(15)23)29(25,26)21-3/h6-10,13-14,21H,4-5,11-12H2,1-3H3. The largest absolute Gasteiger partial charge is 0.308 e. The summed E-state index contributed by atoms with van der Waals surface area (Å²) in [5, 5.41) is 0. The molecule has 2 aromatic carbocycles. The van der Waals surface area contributed by atoms with Crippen LogP contribution >= 0.6 is 0 Å². The summed E-state index contributed by atoms with van der Waals surface area (Å²) in [6.45, 7) is 4.60. The van der Waals surface area contributed by atoms with Gasteiger partial charge in [-0.3, -0.25) is 4.79 Å². The quantitative estimate of drug-likeness (QED) is 0.692. The number of hydrogen-bond acceptors (Lipinski definition) is 5. The zero-order chi connectivity index (χ0) is 22.1. The van der Waals surface area contributed by atoms with Crippen LogP contribution in [0.15, 0.2) is 52.3 Å². The Balaban J connectivity index is 1.93. The van der Waals surface area contributed by atoms with Crippen molar-refractivity contribution < 1.29 is 21.6 Å². The van der Waals surface area contributed by atoms with Crippen LogP contribution in [-0.4, -0.2) is 53.7 Å². The van der Waals surface area contributed by atoms with Crippen LogP contribution < -0.4 is 9.62 Å². The molecular formula is C20H25N3O5S2. The average molecular weight is 452 g/mol. The lowest BCUT2D eigenvalue weighted by Crippen LogP contribution is -2.31. The molecule has 0 bridgehead atoms. The monoisotopic (exact) mass is 451 g/mol. The highest BCUT2D eigenvalue weighted by Gasteiger charge is 2.29. The van der Waals surface area contributed by atoms with Gasteiger partial charge in [0.15, 0.2) is 0 Å². The van der Waals surface area contributed by atoms with E-state index in [2.05, 4.69) is 4.72 Å². The molecule has 30 heavy (non-hydrogen) atoms. The zero-order valence-electron chi connectivity index (χ0n) is 17.1. The van der Waals surface area contributed by atoms with Gasteiger partial charge < -0.3 is 4.90 Å². The number of nitrogens with zero attached hydrogens (tertiary/aromatic N) is 2. The van der Waals surface area contributed by atoms with Gasteiger partial charge in [-0.25, -0.2) is 21.6 Å². The van der Waals surface area contributed by atoms with Crippen LogP contribution in [0.4, 0.5) is 5.69 Å². The Morgan fingerprint density at radius 2 is 1.73 bits per heavy atom. The number of nitrogens with one attached hydrogen (secondary N) is 1. The third-order valence-electron chi connectivity index (χ3n) is 5.19. The molecule has 1 N–H and O–H groups in total. The van der Waals surface area contributed by atoms with Crippen molar-refractivity contribution in [3.05, 3.63) is 53.6 Å². The van der Waals surface area contributed by atoms with E-state index in [9.17, 15) is 21.6 Å². The molecule has 162 valence electrons. The average Bonchev–Trinajstić information content (AvgIpc) is 3.17. The number of rotatable bonds is 7. The summed E-state index contributed by atoms with van der Waals surface area (Å²) in [6, 6.07) is 10.7. The van der Waals surface area contributed by atoms with Gasteiger partial charge in [0.1, 0.15) is 0 Å². The Morgan fingerprint density at radius 1 is 1.03 bits per heavy atom. The summed E-state index contributed by atoms with van der Waals surface area (Å²) < 4.78 is 53.2. The predicted molar refractivity (Wildman–Crippen MR) is 115 cm³/mol. The Morgan fingerprint density at radius 3 is 2.37 bits per heavy atom. The Hall–Kier alpha value is -2.27. The fourth-order valence-corrected chi connectivity index (χ4v) is 5.82. The molecule has 0 fully saturated rings. The van der Waals surface area contributed by atoms with Crippen LogP contribution in [-0.2, 0) is 26.5 Å². The lowest BCUT2D eigenvalue weighted by atomic mass is 10.1. The van der Waals surface area contributed by atoms with Gasteiger partial charge in [0.2, 0.25) is 20.0 Å². The highest BCUT2D eigenvalue weighted by molar-refractivity contribution is 7.89. The second-order valence-electron chi connectivity index (χ2n) is 6.82. The maximum atomic E-state index is 13.1. The second-order valence-corrected chi connectivity index (χ2v) is 10.6. The first-order chi connectivity index (χ1) is 14.2. The molecule has 0 atom stereocenters. The lowest BCUT2D eigenvalue weighted by Gasteiger charge is -2.20. The zero-order valence-corrected chi connectivity index (χ0v) is 18.8. The first-order valence-corrected chi connectivity index (χ1v) is 12.6. The molecule has 1 heterocycles. The van der Waals surface area contributed by atoms with Crippen molar-refractivity contribution in [3.63, 3.8) is 0 Å². The van der Waals surface area contributed by atoms with Gasteiger partial charge in [-0.1, -0.05) is 19.9 Å². The van der Waals surface area contributed by atoms with Gasteiger partial charge in [-0.05, 0) is 55.4 Å². The summed E-state index contributed by atoms with van der Waals surface area (Å²) in [7, 11) is -5.90. The first-order valence-electron chi connectivity index (χ1n) is 9.64. The summed E-state index contributed by atoms with van der Waals surface area (Å²) >= 11 is 0. The third-order valence-corrected chi connectivity index (χ3v) is 8.65. The van der Waals surface area contributed by atoms with Crippen molar-refractivity contribution in [2.24, 2.45) is 0 Å². The molecule has 0 spiro atoms. The van der Waals surface area contributed by atoms with Gasteiger partial charge in [0, 0.05) is 30.9 Å². The number of carbonyl (C=O) groups excluding carboxylic acids is 1. The van der Waals surface area contributed by atoms with Crippen molar-refractivity contribution in [1.29, 1.82) is 0 Å². The maximum Gasteiger partial charge on any atom is 0.258 e. The minimum absolute atomic E-state index is 0.0759. The fourth-order valence-electron chi connectivity index (χ4n) is 3.53. The number of sulfonamides is 2. The van der Waals surface area contributed by atoms with E-state index in [1.165, 1.54) is 29.6 Å². The van der Waals surface area contributed by atoms with Crippen molar-refractivity contribution in [1.82, 2.24) is 9.03 Å². The Bertz CT molecular complexity index is 1170. The summed E-state index contributed by atoms with van der Waals surface area (Å²) in [6.07, 6.45) is 0.519. The third kappa shape index (κ3) is 4.00. The van der Waals surface area contributed by atoms with Crippen LogP contribution in [0.5, 0.6) is 0 Å². The smallest absolute Gasteiger partial charge is 0.258 e. The number of carbonyl (C=O) groups is 1. The molecular weight excluding hydrogens is 426 g/mol. The molecule has 0 saturated heterocycles. The number of anilines is 1. The topological polar surface area (TPSA) is 104 Å². The number of fused-ring (bicyclic) bond motifs is 1. The number of benzene rings is 2. The minimum Gasteiger partial charge on any atom is -0.308 e. The van der Waals surface area contributed by atoms with E-state index in [4.69, 9.17) is 0 Å². The molecule has 1 amide bonds. The molecule has 3 rings (SSSR count). The van der Waals surface area contributed by atoms with Crippen molar-refractivity contribution in [2.45, 2.75) is 30.1 Å². The van der Waals surface area contributed by atoms with E-state index in [0.717, 1.165) is 5.56 Å². The molecule has 1 aliphatic rings. The summed E-state index contributed by atoms with van der Waals surface area (Å²) in [5.41, 5.74) is 1.65. The Kier molecular flexibility index (Phi) is 6.32. The molecule has 8 nitrogen and oxygen atoms in total. The van der Waals surface area contributed by atoms with Crippen LogP contribution in [0, 0.1) is 0 Å². The molecule has 0 aliphatic carbocycles. The van der Waals surface area contributed by atoms with Gasteiger partial charge in [-0.15, -0.1) is 0 Å². The van der Waals surface area contributed by atoms with E-state index in [0.29, 0.717) is 31.7 Å². The van der Waals surface area contributed by atoms with Crippen LogP contribution in [0.25, 0.3) is 0 Å². The SMILES string of the molecule is CCN(CC)S(=O)(=O)c1cccc(C(=O)N2CCc3cc(S(=O)(=O)NC)ccc32)c1. The predicted octanol–water partition coefficient (Wildman–Crippen LogP) is 1.83. The number of amides is 1. The maximum absolute atomic E-state index is 13.1. The van der Waals surface area contributed by atoms with Gasteiger partial charge >= 0.3 is 0 Å². The minimum atomic E-state index is -3.68. The van der Waals surface area contributed by atoms with Gasteiger partial charge in [-0.2, -0.15) is 4.31 Å². The van der Waals surface area contributed by atoms with E-state index < -0.39 is 20.0 Å².